The molecule has 29 heavy (non-hydrogen) atoms. The van der Waals surface area contributed by atoms with E-state index >= 15 is 0 Å². The van der Waals surface area contributed by atoms with Crippen molar-refractivity contribution in [2.24, 2.45) is 22.4 Å². The average molecular weight is 412 g/mol. The first-order valence-electron chi connectivity index (χ1n) is 9.80. The lowest BCUT2D eigenvalue weighted by atomic mass is 9.64. The first-order chi connectivity index (χ1) is 13.5. The molecular formula is C21H27F3N2O3. The van der Waals surface area contributed by atoms with E-state index in [-0.39, 0.29) is 34.0 Å². The highest BCUT2D eigenvalue weighted by molar-refractivity contribution is 5.99. The van der Waals surface area contributed by atoms with E-state index in [1.807, 2.05) is 20.8 Å². The van der Waals surface area contributed by atoms with E-state index in [1.165, 1.54) is 25.3 Å². The number of alkyl halides is 3. The summed E-state index contributed by atoms with van der Waals surface area (Å²) in [6.07, 6.45) is -3.08. The number of benzene rings is 1. The number of halogens is 3. The van der Waals surface area contributed by atoms with Crippen molar-refractivity contribution in [3.63, 3.8) is 0 Å². The van der Waals surface area contributed by atoms with Crippen LogP contribution in [0.5, 0.6) is 5.75 Å². The number of hydrogen-bond donors (Lipinski definition) is 1. The molecule has 2 aliphatic rings. The van der Waals surface area contributed by atoms with Gasteiger partial charge in [-0.25, -0.2) is 0 Å². The van der Waals surface area contributed by atoms with Crippen molar-refractivity contribution in [3.8, 4) is 5.75 Å². The Morgan fingerprint density at radius 2 is 2.07 bits per heavy atom. The van der Waals surface area contributed by atoms with Crippen molar-refractivity contribution in [3.05, 3.63) is 29.8 Å². The number of fused-ring (bicyclic) bond motifs is 1. The number of hydrogen-bond acceptors (Lipinski definition) is 4. The van der Waals surface area contributed by atoms with Gasteiger partial charge < -0.3 is 9.84 Å². The first-order valence-corrected chi connectivity index (χ1v) is 9.80. The molecule has 1 heterocycles. The van der Waals surface area contributed by atoms with Crippen LogP contribution in [0.15, 0.2) is 29.4 Å². The second-order valence-electron chi connectivity index (χ2n) is 8.53. The third kappa shape index (κ3) is 3.52. The first kappa shape index (κ1) is 21.6. The second kappa shape index (κ2) is 7.31. The number of rotatable bonds is 4. The lowest BCUT2D eigenvalue weighted by Crippen LogP contribution is -2.62. The van der Waals surface area contributed by atoms with Crippen LogP contribution in [0.25, 0.3) is 0 Å². The van der Waals surface area contributed by atoms with Crippen molar-refractivity contribution in [1.82, 2.24) is 5.01 Å². The molecule has 0 aromatic heterocycles. The number of carbonyl (C=O) groups excluding carboxylic acids is 1. The monoisotopic (exact) mass is 412 g/mol. The van der Waals surface area contributed by atoms with Gasteiger partial charge in [-0.3, -0.25) is 4.79 Å². The molecule has 0 unspecified atom stereocenters. The predicted octanol–water partition coefficient (Wildman–Crippen LogP) is 4.61. The number of carbonyl (C=O) groups is 1. The maximum atomic E-state index is 14.2. The van der Waals surface area contributed by atoms with Gasteiger partial charge in [-0.2, -0.15) is 23.3 Å². The summed E-state index contributed by atoms with van der Waals surface area (Å²) in [6, 6.07) is 5.81. The molecule has 0 spiro atoms. The fourth-order valence-corrected chi connectivity index (χ4v) is 4.30. The number of amides is 1. The number of ether oxygens (including phenoxy) is 1. The minimum atomic E-state index is -5.05. The Bertz CT molecular complexity index is 822. The average Bonchev–Trinajstić information content (AvgIpc) is 3.00. The molecule has 1 saturated carbocycles. The Hall–Kier alpha value is -2.09. The summed E-state index contributed by atoms with van der Waals surface area (Å²) < 4.78 is 47.5. The van der Waals surface area contributed by atoms with Gasteiger partial charge in [0.1, 0.15) is 5.75 Å². The van der Waals surface area contributed by atoms with Gasteiger partial charge in [0.15, 0.2) is 0 Å². The van der Waals surface area contributed by atoms with Crippen LogP contribution in [0.1, 0.15) is 56.8 Å². The molecule has 1 aromatic rings. The molecule has 0 radical (unpaired) electrons. The van der Waals surface area contributed by atoms with Crippen molar-refractivity contribution in [2.45, 2.75) is 58.4 Å². The van der Waals surface area contributed by atoms with Crippen LogP contribution in [0.2, 0.25) is 0 Å². The van der Waals surface area contributed by atoms with E-state index in [1.54, 1.807) is 6.07 Å². The number of aliphatic hydroxyl groups is 1. The summed E-state index contributed by atoms with van der Waals surface area (Å²) in [5, 5.41) is 15.2. The van der Waals surface area contributed by atoms with Crippen LogP contribution in [-0.4, -0.2) is 40.7 Å². The molecule has 5 nitrogen and oxygen atoms in total. The Labute approximate surface area is 168 Å². The van der Waals surface area contributed by atoms with E-state index in [0.29, 0.717) is 18.6 Å². The standard InChI is InChI=1S/C21H27F3N2O3/c1-5-19(2,3)14-9-10-17-16(12-14)20(28,21(22,23)24)26(25-17)18(27)13-7-6-8-15(11-13)29-4/h6-8,11,14,16,28H,5,9-10,12H2,1-4H3/t14-,16+,20-/m1/s1. The number of methoxy groups -OCH3 is 1. The van der Waals surface area contributed by atoms with Crippen molar-refractivity contribution >= 4 is 11.6 Å². The second-order valence-corrected chi connectivity index (χ2v) is 8.53. The largest absolute Gasteiger partial charge is 0.497 e. The fourth-order valence-electron chi connectivity index (χ4n) is 4.30. The summed E-state index contributed by atoms with van der Waals surface area (Å²) >= 11 is 0. The van der Waals surface area contributed by atoms with Gasteiger partial charge in [0.05, 0.1) is 13.0 Å². The predicted molar refractivity (Wildman–Crippen MR) is 103 cm³/mol. The van der Waals surface area contributed by atoms with Gasteiger partial charge in [0, 0.05) is 11.3 Å². The lowest BCUT2D eigenvalue weighted by molar-refractivity contribution is -0.314. The fraction of sp³-hybridized carbons (Fsp3) is 0.619. The third-order valence-electron chi connectivity index (χ3n) is 6.65. The van der Waals surface area contributed by atoms with E-state index in [4.69, 9.17) is 4.74 Å². The Kier molecular flexibility index (Phi) is 5.45. The highest BCUT2D eigenvalue weighted by atomic mass is 19.4. The van der Waals surface area contributed by atoms with Gasteiger partial charge in [-0.1, -0.05) is 33.3 Å². The van der Waals surface area contributed by atoms with Gasteiger partial charge in [0.25, 0.3) is 11.6 Å². The summed E-state index contributed by atoms with van der Waals surface area (Å²) in [5.74, 6) is -1.93. The van der Waals surface area contributed by atoms with Crippen molar-refractivity contribution < 1.29 is 27.8 Å². The van der Waals surface area contributed by atoms with E-state index in [2.05, 4.69) is 5.10 Å². The van der Waals surface area contributed by atoms with E-state index in [9.17, 15) is 23.1 Å². The zero-order valence-electron chi connectivity index (χ0n) is 17.1. The highest BCUT2D eigenvalue weighted by Gasteiger charge is 2.69. The van der Waals surface area contributed by atoms with E-state index < -0.39 is 23.7 Å². The molecule has 160 valence electrons. The van der Waals surface area contributed by atoms with Crippen LogP contribution in [0, 0.1) is 17.3 Å². The highest BCUT2D eigenvalue weighted by Crippen LogP contribution is 2.52. The zero-order valence-corrected chi connectivity index (χ0v) is 17.1. The quantitative estimate of drug-likeness (QED) is 0.786. The van der Waals surface area contributed by atoms with Crippen LogP contribution < -0.4 is 4.74 Å². The van der Waals surface area contributed by atoms with Crippen molar-refractivity contribution in [2.75, 3.05) is 7.11 Å². The Morgan fingerprint density at radius 3 is 2.66 bits per heavy atom. The third-order valence-corrected chi connectivity index (χ3v) is 6.65. The molecule has 3 atom stereocenters. The maximum absolute atomic E-state index is 14.2. The summed E-state index contributed by atoms with van der Waals surface area (Å²) in [4.78, 5) is 13.0. The molecule has 3 rings (SSSR count). The van der Waals surface area contributed by atoms with Gasteiger partial charge in [-0.05, 0) is 48.8 Å². The van der Waals surface area contributed by atoms with Gasteiger partial charge >= 0.3 is 6.18 Å². The smallest absolute Gasteiger partial charge is 0.439 e. The van der Waals surface area contributed by atoms with Gasteiger partial charge in [-0.15, -0.1) is 0 Å². The molecule has 1 aliphatic carbocycles. The molecule has 1 fully saturated rings. The molecule has 0 saturated heterocycles. The minimum Gasteiger partial charge on any atom is -0.497 e. The van der Waals surface area contributed by atoms with Crippen LogP contribution in [0.3, 0.4) is 0 Å². The molecule has 8 heteroatoms. The van der Waals surface area contributed by atoms with Crippen LogP contribution in [-0.2, 0) is 0 Å². The normalized spacial score (nSPS) is 27.4. The van der Waals surface area contributed by atoms with Crippen molar-refractivity contribution in [1.29, 1.82) is 0 Å². The topological polar surface area (TPSA) is 62.1 Å². The number of nitrogens with zero attached hydrogens (tertiary/aromatic N) is 2. The molecule has 1 amide bonds. The number of hydrazone groups is 1. The maximum Gasteiger partial charge on any atom is 0.439 e. The minimum absolute atomic E-state index is 0.00260. The molecule has 0 bridgehead atoms. The Morgan fingerprint density at radius 1 is 1.38 bits per heavy atom. The zero-order chi connectivity index (χ0) is 21.6. The van der Waals surface area contributed by atoms with E-state index in [0.717, 1.165) is 6.42 Å². The van der Waals surface area contributed by atoms with Crippen LogP contribution >= 0.6 is 0 Å². The summed E-state index contributed by atoms with van der Waals surface area (Å²) in [5.41, 5.74) is -3.31. The van der Waals surface area contributed by atoms with Crippen LogP contribution in [0.4, 0.5) is 13.2 Å². The SMILES string of the molecule is CCC(C)(C)[C@@H]1CCC2=NN(C(=O)c3cccc(OC)c3)[C@](O)(C(F)(F)F)[C@H]2C1. The summed E-state index contributed by atoms with van der Waals surface area (Å²) in [6.45, 7) is 6.06. The Balaban J connectivity index is 2.00. The molecule has 1 aliphatic heterocycles. The molecular weight excluding hydrogens is 385 g/mol. The molecule has 1 aromatic carbocycles. The lowest BCUT2D eigenvalue weighted by Gasteiger charge is -2.43. The van der Waals surface area contributed by atoms with Gasteiger partial charge in [0.2, 0.25) is 0 Å². The summed E-state index contributed by atoms with van der Waals surface area (Å²) in [7, 11) is 1.40. The molecule has 1 N–H and O–H groups in total.